The van der Waals surface area contributed by atoms with Crippen LogP contribution in [0.4, 0.5) is 4.79 Å². The van der Waals surface area contributed by atoms with E-state index in [1.54, 1.807) is 12.1 Å². The Morgan fingerprint density at radius 3 is 2.50 bits per heavy atom. The maximum atomic E-state index is 12.1. The number of nitrogens with zero attached hydrogens (tertiary/aromatic N) is 2. The first-order chi connectivity index (χ1) is 14.7. The van der Waals surface area contributed by atoms with Gasteiger partial charge >= 0.3 is 6.16 Å². The van der Waals surface area contributed by atoms with Crippen LogP contribution in [0.15, 0.2) is 36.7 Å². The molecule has 0 bridgehead atoms. The highest BCUT2D eigenvalue weighted by Gasteiger charge is 2.42. The number of aryl methyl sites for hydroxylation is 1. The number of unbranched alkanes of at least 4 members (excludes halogenated alkanes) is 5. The number of carbonyl (C=O) groups excluding carboxylic acids is 1. The van der Waals surface area contributed by atoms with Gasteiger partial charge in [0.05, 0.1) is 5.56 Å². The molecule has 0 aliphatic carbocycles. The van der Waals surface area contributed by atoms with E-state index in [0.717, 1.165) is 31.2 Å². The van der Waals surface area contributed by atoms with Crippen molar-refractivity contribution in [3.05, 3.63) is 42.2 Å². The van der Waals surface area contributed by atoms with Crippen molar-refractivity contribution in [2.75, 3.05) is 0 Å². The molecule has 1 aliphatic heterocycles. The fourth-order valence-electron chi connectivity index (χ4n) is 3.40. The topological polar surface area (TPSA) is 73.8 Å². The number of aromatic nitrogens is 2. The van der Waals surface area contributed by atoms with Gasteiger partial charge in [0.15, 0.2) is 5.82 Å². The molecule has 1 aromatic carbocycles. The zero-order valence-electron chi connectivity index (χ0n) is 18.0. The molecule has 0 N–H and O–H groups in total. The van der Waals surface area contributed by atoms with E-state index < -0.39 is 12.4 Å². The van der Waals surface area contributed by atoms with Crippen LogP contribution in [0.5, 0.6) is 5.75 Å². The molecule has 2 atom stereocenters. The van der Waals surface area contributed by atoms with Gasteiger partial charge in [-0.15, -0.1) is 0 Å². The summed E-state index contributed by atoms with van der Waals surface area (Å²) in [6.45, 7) is 4.29. The van der Waals surface area contributed by atoms with Gasteiger partial charge in [0.1, 0.15) is 11.9 Å². The third-order valence-corrected chi connectivity index (χ3v) is 5.17. The molecule has 1 fully saturated rings. The molecule has 0 radical (unpaired) electrons. The maximum absolute atomic E-state index is 12.1. The van der Waals surface area contributed by atoms with Crippen molar-refractivity contribution in [3.63, 3.8) is 0 Å². The zero-order valence-corrected chi connectivity index (χ0v) is 18.0. The van der Waals surface area contributed by atoms with Crippen molar-refractivity contribution in [1.82, 2.24) is 9.97 Å². The second-order valence-corrected chi connectivity index (χ2v) is 7.73. The van der Waals surface area contributed by atoms with E-state index in [4.69, 9.17) is 14.2 Å². The minimum Gasteiger partial charge on any atom is -0.401 e. The Kier molecular flexibility index (Phi) is 8.63. The Morgan fingerprint density at radius 1 is 1.00 bits per heavy atom. The molecule has 162 valence electrons. The number of epoxide rings is 1. The fourth-order valence-corrected chi connectivity index (χ4v) is 3.40. The molecule has 6 nitrogen and oxygen atoms in total. The van der Waals surface area contributed by atoms with Gasteiger partial charge in [-0.2, -0.15) is 0 Å². The van der Waals surface area contributed by atoms with Crippen molar-refractivity contribution in [3.8, 4) is 17.1 Å². The summed E-state index contributed by atoms with van der Waals surface area (Å²) < 4.78 is 15.9. The van der Waals surface area contributed by atoms with Crippen molar-refractivity contribution in [2.45, 2.75) is 84.0 Å². The second-order valence-electron chi connectivity index (χ2n) is 7.73. The van der Waals surface area contributed by atoms with E-state index in [1.807, 2.05) is 24.5 Å². The Hall–Kier alpha value is -2.47. The SMILES string of the molecule is CCCCCCCCc1cnc(-c2ccccc2OC(=O)O[C@H]2O[C@@H]2CCC)nc1. The van der Waals surface area contributed by atoms with Crippen molar-refractivity contribution >= 4 is 6.16 Å². The van der Waals surface area contributed by atoms with E-state index in [2.05, 4.69) is 23.8 Å². The van der Waals surface area contributed by atoms with Gasteiger partial charge in [0.25, 0.3) is 0 Å². The van der Waals surface area contributed by atoms with Crippen molar-refractivity contribution in [2.24, 2.45) is 0 Å². The molecule has 1 saturated heterocycles. The van der Waals surface area contributed by atoms with Crippen LogP contribution >= 0.6 is 0 Å². The average molecular weight is 413 g/mol. The predicted octanol–water partition coefficient (Wildman–Crippen LogP) is 6.09. The number of hydrogen-bond acceptors (Lipinski definition) is 6. The quantitative estimate of drug-likeness (QED) is 0.182. The van der Waals surface area contributed by atoms with Crippen LogP contribution in [0.2, 0.25) is 0 Å². The molecule has 0 spiro atoms. The summed E-state index contributed by atoms with van der Waals surface area (Å²) in [6, 6.07) is 7.20. The van der Waals surface area contributed by atoms with Gasteiger partial charge in [0.2, 0.25) is 6.29 Å². The van der Waals surface area contributed by atoms with Crippen molar-refractivity contribution < 1.29 is 19.0 Å². The maximum Gasteiger partial charge on any atom is 0.516 e. The summed E-state index contributed by atoms with van der Waals surface area (Å²) in [5, 5.41) is 0. The summed E-state index contributed by atoms with van der Waals surface area (Å²) in [5.41, 5.74) is 1.78. The lowest BCUT2D eigenvalue weighted by Gasteiger charge is -2.09. The predicted molar refractivity (Wildman–Crippen MR) is 115 cm³/mol. The highest BCUT2D eigenvalue weighted by molar-refractivity contribution is 5.71. The van der Waals surface area contributed by atoms with Crippen LogP contribution in [0.3, 0.4) is 0 Å². The number of benzene rings is 1. The first kappa shape index (κ1) is 22.2. The minimum absolute atomic E-state index is 0.0136. The lowest BCUT2D eigenvalue weighted by Crippen LogP contribution is -2.14. The van der Waals surface area contributed by atoms with Gasteiger partial charge in [-0.05, 0) is 37.0 Å². The summed E-state index contributed by atoms with van der Waals surface area (Å²) >= 11 is 0. The lowest BCUT2D eigenvalue weighted by molar-refractivity contribution is 0.0563. The van der Waals surface area contributed by atoms with Gasteiger partial charge in [-0.1, -0.05) is 64.5 Å². The minimum atomic E-state index is -0.772. The van der Waals surface area contributed by atoms with Crippen molar-refractivity contribution in [1.29, 1.82) is 0 Å². The Labute approximate surface area is 179 Å². The van der Waals surface area contributed by atoms with Crippen LogP contribution in [0, 0.1) is 0 Å². The Balaban J connectivity index is 1.52. The molecule has 1 aromatic heterocycles. The van der Waals surface area contributed by atoms with Crippen LogP contribution < -0.4 is 4.74 Å². The first-order valence-electron chi connectivity index (χ1n) is 11.2. The second kappa shape index (κ2) is 11.6. The highest BCUT2D eigenvalue weighted by Crippen LogP contribution is 2.30. The van der Waals surface area contributed by atoms with E-state index in [9.17, 15) is 4.79 Å². The van der Waals surface area contributed by atoms with Crippen LogP contribution in [0.1, 0.15) is 70.8 Å². The van der Waals surface area contributed by atoms with E-state index in [0.29, 0.717) is 17.1 Å². The molecule has 1 aliphatic rings. The molecule has 2 heterocycles. The molecule has 6 heteroatoms. The molecule has 0 amide bonds. The average Bonchev–Trinajstić information content (AvgIpc) is 3.49. The number of hydrogen-bond donors (Lipinski definition) is 0. The lowest BCUT2D eigenvalue weighted by atomic mass is 10.1. The normalized spacial score (nSPS) is 17.5. The molecule has 3 rings (SSSR count). The van der Waals surface area contributed by atoms with E-state index in [1.165, 1.54) is 32.1 Å². The zero-order chi connectivity index (χ0) is 21.2. The molecule has 0 unspecified atom stereocenters. The van der Waals surface area contributed by atoms with Gasteiger partial charge in [-0.3, -0.25) is 0 Å². The number of ether oxygens (including phenoxy) is 3. The molecular formula is C24H32N2O4. The Bertz CT molecular complexity index is 794. The summed E-state index contributed by atoms with van der Waals surface area (Å²) in [7, 11) is 0. The van der Waals surface area contributed by atoms with Crippen LogP contribution in [-0.2, 0) is 15.9 Å². The van der Waals surface area contributed by atoms with Gasteiger partial charge in [-0.25, -0.2) is 14.8 Å². The summed E-state index contributed by atoms with van der Waals surface area (Å²) in [4.78, 5) is 21.1. The number of carbonyl (C=O) groups is 1. The molecule has 0 saturated carbocycles. The van der Waals surface area contributed by atoms with Gasteiger partial charge < -0.3 is 14.2 Å². The van der Waals surface area contributed by atoms with Crippen LogP contribution in [0.25, 0.3) is 11.4 Å². The number of para-hydroxylation sites is 1. The Morgan fingerprint density at radius 2 is 1.73 bits per heavy atom. The third-order valence-electron chi connectivity index (χ3n) is 5.17. The molecule has 2 aromatic rings. The fraction of sp³-hybridized carbons (Fsp3) is 0.542. The smallest absolute Gasteiger partial charge is 0.401 e. The standard InChI is InChI=1S/C24H32N2O4/c1-3-5-6-7-8-9-13-18-16-25-22(26-17-18)19-14-10-11-15-20(19)29-24(27)30-23-21(28-23)12-4-2/h10-11,14-17,21,23H,3-9,12-13H2,1-2H3/t21-,23-/m1/s1. The largest absolute Gasteiger partial charge is 0.516 e. The van der Waals surface area contributed by atoms with Gasteiger partial charge in [0, 0.05) is 12.4 Å². The monoisotopic (exact) mass is 412 g/mol. The summed E-state index contributed by atoms with van der Waals surface area (Å²) in [6.07, 6.45) is 12.9. The van der Waals surface area contributed by atoms with Crippen LogP contribution in [-0.4, -0.2) is 28.5 Å². The first-order valence-corrected chi connectivity index (χ1v) is 11.2. The molecule has 30 heavy (non-hydrogen) atoms. The van der Waals surface area contributed by atoms with E-state index in [-0.39, 0.29) is 6.10 Å². The highest BCUT2D eigenvalue weighted by atomic mass is 16.8. The third kappa shape index (κ3) is 6.80. The summed E-state index contributed by atoms with van der Waals surface area (Å²) in [5.74, 6) is 0.899. The van der Waals surface area contributed by atoms with E-state index >= 15 is 0 Å². The molecular weight excluding hydrogens is 380 g/mol. The number of rotatable bonds is 12.